The summed E-state index contributed by atoms with van der Waals surface area (Å²) in [6.07, 6.45) is -3.07. The van der Waals surface area contributed by atoms with E-state index in [1.54, 1.807) is 4.68 Å². The zero-order chi connectivity index (χ0) is 22.4. The number of aromatic nitrogens is 2. The molecule has 3 rings (SSSR count). The molecule has 1 atom stereocenters. The van der Waals surface area contributed by atoms with Crippen LogP contribution < -0.4 is 0 Å². The van der Waals surface area contributed by atoms with E-state index in [-0.39, 0.29) is 5.92 Å². The number of ether oxygens (including phenoxy) is 1. The molecule has 0 aliphatic rings. The Morgan fingerprint density at radius 2 is 1.55 bits per heavy atom. The summed E-state index contributed by atoms with van der Waals surface area (Å²) in [5, 5.41) is 4.68. The molecule has 0 spiro atoms. The average Bonchev–Trinajstić information content (AvgIpc) is 3.19. The molecule has 0 bridgehead atoms. The Kier molecular flexibility index (Phi) is 7.28. The van der Waals surface area contributed by atoms with Gasteiger partial charge in [-0.2, -0.15) is 13.9 Å². The molecule has 162 valence electrons. The summed E-state index contributed by atoms with van der Waals surface area (Å²) in [5.41, 5.74) is 3.16. The Morgan fingerprint density at radius 3 is 2.10 bits per heavy atom. The fraction of sp³-hybridized carbons (Fsp3) is 0.250. The highest BCUT2D eigenvalue weighted by Crippen LogP contribution is 2.31. The normalized spacial score (nSPS) is 11.9. The van der Waals surface area contributed by atoms with Crippen LogP contribution in [0, 0.1) is 5.92 Å². The third kappa shape index (κ3) is 5.42. The lowest BCUT2D eigenvalue weighted by Gasteiger charge is -2.22. The standard InChI is InChI=1S/C24H23F3N2O2/c1-16(2)22(24(30)31-14-13-19(25)23(26)27)29-21(18-11-7-4-8-12-18)15-20(28-29)17-9-5-3-6-10-17/h3-12,15-16,22H,13-14H2,1-2H3. The molecular weight excluding hydrogens is 405 g/mol. The molecule has 3 aromatic rings. The second-order valence-electron chi connectivity index (χ2n) is 7.36. The molecule has 0 aliphatic carbocycles. The monoisotopic (exact) mass is 428 g/mol. The smallest absolute Gasteiger partial charge is 0.331 e. The second kappa shape index (κ2) is 10.1. The molecule has 0 saturated carbocycles. The number of halogens is 3. The summed E-state index contributed by atoms with van der Waals surface area (Å²) < 4.78 is 44.3. The van der Waals surface area contributed by atoms with Gasteiger partial charge in [0.1, 0.15) is 0 Å². The number of rotatable bonds is 8. The Balaban J connectivity index is 1.97. The Morgan fingerprint density at radius 1 is 0.968 bits per heavy atom. The molecule has 4 nitrogen and oxygen atoms in total. The average molecular weight is 428 g/mol. The van der Waals surface area contributed by atoms with Crippen LogP contribution in [0.2, 0.25) is 0 Å². The number of esters is 1. The minimum Gasteiger partial charge on any atom is -0.464 e. The van der Waals surface area contributed by atoms with Crippen LogP contribution in [-0.2, 0) is 9.53 Å². The highest BCUT2D eigenvalue weighted by Gasteiger charge is 2.30. The van der Waals surface area contributed by atoms with Gasteiger partial charge in [-0.1, -0.05) is 74.5 Å². The molecule has 1 aromatic heterocycles. The van der Waals surface area contributed by atoms with E-state index in [1.807, 2.05) is 80.6 Å². The van der Waals surface area contributed by atoms with Crippen molar-refractivity contribution in [2.24, 2.45) is 5.92 Å². The van der Waals surface area contributed by atoms with E-state index in [4.69, 9.17) is 4.74 Å². The van der Waals surface area contributed by atoms with E-state index in [1.165, 1.54) is 0 Å². The first-order valence-corrected chi connectivity index (χ1v) is 9.95. The van der Waals surface area contributed by atoms with E-state index in [9.17, 15) is 18.0 Å². The van der Waals surface area contributed by atoms with Gasteiger partial charge >= 0.3 is 12.0 Å². The summed E-state index contributed by atoms with van der Waals surface area (Å²) >= 11 is 0. The molecule has 0 radical (unpaired) electrons. The van der Waals surface area contributed by atoms with Crippen LogP contribution in [-0.4, -0.2) is 22.4 Å². The largest absolute Gasteiger partial charge is 0.464 e. The van der Waals surface area contributed by atoms with Crippen LogP contribution in [0.5, 0.6) is 0 Å². The van der Waals surface area contributed by atoms with Gasteiger partial charge in [0.25, 0.3) is 0 Å². The van der Waals surface area contributed by atoms with E-state index >= 15 is 0 Å². The lowest BCUT2D eigenvalue weighted by atomic mass is 10.0. The van der Waals surface area contributed by atoms with Crippen LogP contribution in [0.25, 0.3) is 22.5 Å². The van der Waals surface area contributed by atoms with Gasteiger partial charge in [0.2, 0.25) is 0 Å². The number of hydrogen-bond acceptors (Lipinski definition) is 3. The predicted molar refractivity (Wildman–Crippen MR) is 113 cm³/mol. The maximum Gasteiger partial charge on any atom is 0.331 e. The van der Waals surface area contributed by atoms with Crippen molar-refractivity contribution < 1.29 is 22.7 Å². The fourth-order valence-corrected chi connectivity index (χ4v) is 3.26. The zero-order valence-electron chi connectivity index (χ0n) is 17.3. The highest BCUT2D eigenvalue weighted by molar-refractivity contribution is 5.77. The molecule has 0 saturated heterocycles. The summed E-state index contributed by atoms with van der Waals surface area (Å²) in [7, 11) is 0. The van der Waals surface area contributed by atoms with E-state index in [0.717, 1.165) is 16.8 Å². The van der Waals surface area contributed by atoms with Crippen molar-refractivity contribution in [3.05, 3.63) is 78.6 Å². The molecular formula is C24H23F3N2O2. The molecule has 0 N–H and O–H groups in total. The molecule has 0 amide bonds. The molecule has 0 fully saturated rings. The quantitative estimate of drug-likeness (QED) is 0.389. The lowest BCUT2D eigenvalue weighted by molar-refractivity contribution is -0.149. The number of carbonyl (C=O) groups is 1. The molecule has 0 aliphatic heterocycles. The van der Waals surface area contributed by atoms with Crippen LogP contribution in [0.4, 0.5) is 13.2 Å². The van der Waals surface area contributed by atoms with Crippen molar-refractivity contribution in [3.63, 3.8) is 0 Å². The number of carbonyl (C=O) groups excluding carboxylic acids is 1. The van der Waals surface area contributed by atoms with Crippen molar-refractivity contribution in [3.8, 4) is 22.5 Å². The van der Waals surface area contributed by atoms with Crippen molar-refractivity contribution in [2.45, 2.75) is 26.3 Å². The molecule has 2 aromatic carbocycles. The molecule has 1 unspecified atom stereocenters. The van der Waals surface area contributed by atoms with Crippen molar-refractivity contribution in [2.75, 3.05) is 6.61 Å². The van der Waals surface area contributed by atoms with Gasteiger partial charge in [-0.25, -0.2) is 13.9 Å². The van der Waals surface area contributed by atoms with Crippen LogP contribution >= 0.6 is 0 Å². The SMILES string of the molecule is CC(C)C(C(=O)OCCC(F)=C(F)F)n1nc(-c2ccccc2)cc1-c1ccccc1. The van der Waals surface area contributed by atoms with Gasteiger partial charge in [-0.15, -0.1) is 0 Å². The Bertz CT molecular complexity index is 1040. The first kappa shape index (κ1) is 22.3. The van der Waals surface area contributed by atoms with Gasteiger partial charge in [-0.3, -0.25) is 0 Å². The fourth-order valence-electron chi connectivity index (χ4n) is 3.26. The topological polar surface area (TPSA) is 44.1 Å². The van der Waals surface area contributed by atoms with Gasteiger partial charge in [0.05, 0.1) is 18.0 Å². The lowest BCUT2D eigenvalue weighted by Crippen LogP contribution is -2.28. The van der Waals surface area contributed by atoms with E-state index in [2.05, 4.69) is 5.10 Å². The first-order chi connectivity index (χ1) is 14.9. The van der Waals surface area contributed by atoms with Crippen molar-refractivity contribution in [1.29, 1.82) is 0 Å². The van der Waals surface area contributed by atoms with E-state index in [0.29, 0.717) is 5.69 Å². The van der Waals surface area contributed by atoms with Crippen LogP contribution in [0.3, 0.4) is 0 Å². The minimum absolute atomic E-state index is 0.211. The minimum atomic E-state index is -2.40. The number of benzene rings is 2. The third-order valence-electron chi connectivity index (χ3n) is 4.78. The second-order valence-corrected chi connectivity index (χ2v) is 7.36. The third-order valence-corrected chi connectivity index (χ3v) is 4.78. The Labute approximate surface area is 179 Å². The summed E-state index contributed by atoms with van der Waals surface area (Å²) in [5.74, 6) is -2.44. The molecule has 31 heavy (non-hydrogen) atoms. The van der Waals surface area contributed by atoms with Gasteiger partial charge in [0, 0.05) is 12.0 Å². The van der Waals surface area contributed by atoms with Gasteiger partial charge < -0.3 is 4.74 Å². The summed E-state index contributed by atoms with van der Waals surface area (Å²) in [6.45, 7) is 3.21. The van der Waals surface area contributed by atoms with Crippen LogP contribution in [0.15, 0.2) is 78.6 Å². The zero-order valence-corrected chi connectivity index (χ0v) is 17.3. The maximum absolute atomic E-state index is 13.1. The highest BCUT2D eigenvalue weighted by atomic mass is 19.3. The van der Waals surface area contributed by atoms with Gasteiger partial charge in [-0.05, 0) is 17.5 Å². The molecule has 7 heteroatoms. The number of nitrogens with zero attached hydrogens (tertiary/aromatic N) is 2. The van der Waals surface area contributed by atoms with E-state index < -0.39 is 36.9 Å². The summed E-state index contributed by atoms with van der Waals surface area (Å²) in [4.78, 5) is 12.9. The van der Waals surface area contributed by atoms with Crippen molar-refractivity contribution in [1.82, 2.24) is 9.78 Å². The molecule has 1 heterocycles. The van der Waals surface area contributed by atoms with Crippen molar-refractivity contribution >= 4 is 5.97 Å². The Hall–Kier alpha value is -3.35. The first-order valence-electron chi connectivity index (χ1n) is 9.95. The van der Waals surface area contributed by atoms with Gasteiger partial charge in [0.15, 0.2) is 11.9 Å². The number of hydrogen-bond donors (Lipinski definition) is 0. The predicted octanol–water partition coefficient (Wildman–Crippen LogP) is 6.43. The van der Waals surface area contributed by atoms with Crippen LogP contribution in [0.1, 0.15) is 26.3 Å². The maximum atomic E-state index is 13.1. The summed E-state index contributed by atoms with van der Waals surface area (Å²) in [6, 6.07) is 20.1.